The Bertz CT molecular complexity index is 556. The van der Waals surface area contributed by atoms with E-state index in [4.69, 9.17) is 4.52 Å². The summed E-state index contributed by atoms with van der Waals surface area (Å²) in [7, 11) is 2.20. The molecule has 0 amide bonds. The molecule has 1 aliphatic carbocycles. The molecular formula is C18H24N2O. The number of hydrogen-bond acceptors (Lipinski definition) is 3. The van der Waals surface area contributed by atoms with Gasteiger partial charge in [-0.25, -0.2) is 0 Å². The highest BCUT2D eigenvalue weighted by Crippen LogP contribution is 2.27. The summed E-state index contributed by atoms with van der Waals surface area (Å²) < 4.78 is 5.51. The summed E-state index contributed by atoms with van der Waals surface area (Å²) in [4.78, 5) is 2.42. The predicted molar refractivity (Wildman–Crippen MR) is 84.8 cm³/mol. The van der Waals surface area contributed by atoms with E-state index in [1.807, 2.05) is 18.2 Å². The third-order valence-corrected chi connectivity index (χ3v) is 4.64. The minimum absolute atomic E-state index is 0.687. The lowest BCUT2D eigenvalue weighted by Gasteiger charge is -2.32. The van der Waals surface area contributed by atoms with Crippen LogP contribution >= 0.6 is 0 Å². The van der Waals surface area contributed by atoms with E-state index in [1.165, 1.54) is 25.7 Å². The van der Waals surface area contributed by atoms with Gasteiger partial charge < -0.3 is 4.52 Å². The topological polar surface area (TPSA) is 29.3 Å². The fourth-order valence-electron chi connectivity index (χ4n) is 3.19. The highest BCUT2D eigenvalue weighted by Gasteiger charge is 2.22. The van der Waals surface area contributed by atoms with Gasteiger partial charge in [-0.1, -0.05) is 42.4 Å². The second-order valence-electron chi connectivity index (χ2n) is 6.37. The average molecular weight is 284 g/mol. The molecule has 1 fully saturated rings. The molecule has 2 aromatic rings. The minimum Gasteiger partial charge on any atom is -0.359 e. The van der Waals surface area contributed by atoms with Crippen LogP contribution in [0, 0.1) is 5.92 Å². The fourth-order valence-corrected chi connectivity index (χ4v) is 3.19. The Labute approximate surface area is 126 Å². The zero-order valence-corrected chi connectivity index (χ0v) is 13.0. The Hall–Kier alpha value is -1.61. The molecule has 1 saturated carbocycles. The van der Waals surface area contributed by atoms with Crippen molar-refractivity contribution < 1.29 is 4.52 Å². The Balaban J connectivity index is 1.62. The second-order valence-corrected chi connectivity index (χ2v) is 6.37. The Morgan fingerprint density at radius 2 is 1.86 bits per heavy atom. The van der Waals surface area contributed by atoms with Gasteiger partial charge in [-0.15, -0.1) is 0 Å². The first kappa shape index (κ1) is 14.3. The molecule has 3 rings (SSSR count). The Morgan fingerprint density at radius 1 is 1.14 bits per heavy atom. The van der Waals surface area contributed by atoms with Gasteiger partial charge in [0.25, 0.3) is 0 Å². The molecule has 1 aromatic heterocycles. The predicted octanol–water partition coefficient (Wildman–Crippen LogP) is 4.35. The summed E-state index contributed by atoms with van der Waals surface area (Å²) in [5.41, 5.74) is 2.04. The molecular weight excluding hydrogens is 260 g/mol. The van der Waals surface area contributed by atoms with Crippen molar-refractivity contribution in [2.75, 3.05) is 7.05 Å². The van der Waals surface area contributed by atoms with Crippen LogP contribution in [0.3, 0.4) is 0 Å². The Morgan fingerprint density at radius 3 is 2.57 bits per heavy atom. The maximum atomic E-state index is 5.51. The lowest BCUT2D eigenvalue weighted by molar-refractivity contribution is 0.150. The van der Waals surface area contributed by atoms with Gasteiger partial charge in [0.15, 0.2) is 5.76 Å². The molecule has 0 unspecified atom stereocenters. The van der Waals surface area contributed by atoms with Gasteiger partial charge in [0.05, 0.1) is 6.54 Å². The number of rotatable bonds is 4. The standard InChI is InChI=1S/C18H24N2O/c1-14-8-10-16(11-9-14)20(2)13-17-12-18(19-21-17)15-6-4-3-5-7-15/h3-7,12,14,16H,8-11,13H2,1-2H3. The van der Waals surface area contributed by atoms with Crippen LogP contribution in [-0.4, -0.2) is 23.1 Å². The lowest BCUT2D eigenvalue weighted by Crippen LogP contribution is -2.34. The molecule has 3 nitrogen and oxygen atoms in total. The first-order valence-corrected chi connectivity index (χ1v) is 7.93. The van der Waals surface area contributed by atoms with Crippen molar-refractivity contribution in [3.63, 3.8) is 0 Å². The molecule has 0 spiro atoms. The van der Waals surface area contributed by atoms with Crippen molar-refractivity contribution in [2.45, 2.75) is 45.2 Å². The maximum Gasteiger partial charge on any atom is 0.151 e. The van der Waals surface area contributed by atoms with E-state index in [-0.39, 0.29) is 0 Å². The van der Waals surface area contributed by atoms with Gasteiger partial charge in [-0.3, -0.25) is 4.90 Å². The highest BCUT2D eigenvalue weighted by molar-refractivity contribution is 5.58. The molecule has 21 heavy (non-hydrogen) atoms. The molecule has 1 aromatic carbocycles. The first-order chi connectivity index (χ1) is 10.2. The molecule has 0 saturated heterocycles. The van der Waals surface area contributed by atoms with Crippen molar-refractivity contribution in [2.24, 2.45) is 5.92 Å². The number of nitrogens with zero attached hydrogens (tertiary/aromatic N) is 2. The van der Waals surface area contributed by atoms with E-state index in [0.29, 0.717) is 6.04 Å². The maximum absolute atomic E-state index is 5.51. The summed E-state index contributed by atoms with van der Waals surface area (Å²) >= 11 is 0. The van der Waals surface area contributed by atoms with Crippen molar-refractivity contribution >= 4 is 0 Å². The third-order valence-electron chi connectivity index (χ3n) is 4.64. The number of hydrogen-bond donors (Lipinski definition) is 0. The van der Waals surface area contributed by atoms with E-state index in [9.17, 15) is 0 Å². The van der Waals surface area contributed by atoms with Crippen LogP contribution in [0.2, 0.25) is 0 Å². The molecule has 0 radical (unpaired) electrons. The molecule has 0 N–H and O–H groups in total. The molecule has 1 aliphatic rings. The highest BCUT2D eigenvalue weighted by atomic mass is 16.5. The third kappa shape index (κ3) is 3.53. The molecule has 3 heteroatoms. The SMILES string of the molecule is CC1CCC(N(C)Cc2cc(-c3ccccc3)no2)CC1. The monoisotopic (exact) mass is 284 g/mol. The van der Waals surface area contributed by atoms with Crippen molar-refractivity contribution in [1.82, 2.24) is 10.1 Å². The quantitative estimate of drug-likeness (QED) is 0.835. The zero-order chi connectivity index (χ0) is 14.7. The van der Waals surface area contributed by atoms with Crippen LogP contribution in [0.1, 0.15) is 38.4 Å². The first-order valence-electron chi connectivity index (χ1n) is 7.93. The summed E-state index contributed by atoms with van der Waals surface area (Å²) in [6.07, 6.45) is 5.30. The van der Waals surface area contributed by atoms with Crippen LogP contribution < -0.4 is 0 Å². The summed E-state index contributed by atoms with van der Waals surface area (Å²) in [6.45, 7) is 3.21. The lowest BCUT2D eigenvalue weighted by atomic mass is 9.87. The van der Waals surface area contributed by atoms with Crippen molar-refractivity contribution in [3.05, 3.63) is 42.2 Å². The summed E-state index contributed by atoms with van der Waals surface area (Å²) in [5, 5.41) is 4.20. The van der Waals surface area contributed by atoms with Gasteiger partial charge in [-0.05, 0) is 38.6 Å². The van der Waals surface area contributed by atoms with Crippen molar-refractivity contribution in [1.29, 1.82) is 0 Å². The number of benzene rings is 1. The van der Waals surface area contributed by atoms with E-state index in [1.54, 1.807) is 0 Å². The molecule has 0 atom stereocenters. The zero-order valence-electron chi connectivity index (χ0n) is 13.0. The van der Waals surface area contributed by atoms with Crippen LogP contribution in [-0.2, 0) is 6.54 Å². The normalized spacial score (nSPS) is 22.6. The molecule has 112 valence electrons. The van der Waals surface area contributed by atoms with Gasteiger partial charge in [0.2, 0.25) is 0 Å². The van der Waals surface area contributed by atoms with E-state index >= 15 is 0 Å². The largest absolute Gasteiger partial charge is 0.359 e. The van der Waals surface area contributed by atoms with E-state index in [2.05, 4.69) is 42.2 Å². The molecule has 0 bridgehead atoms. The van der Waals surface area contributed by atoms with E-state index in [0.717, 1.165) is 29.5 Å². The minimum atomic E-state index is 0.687. The van der Waals surface area contributed by atoms with Crippen LogP contribution in [0.15, 0.2) is 40.9 Å². The molecule has 0 aliphatic heterocycles. The summed E-state index contributed by atoms with van der Waals surface area (Å²) in [6, 6.07) is 12.9. The van der Waals surface area contributed by atoms with Gasteiger partial charge >= 0.3 is 0 Å². The van der Waals surface area contributed by atoms with Crippen LogP contribution in [0.25, 0.3) is 11.3 Å². The number of aromatic nitrogens is 1. The van der Waals surface area contributed by atoms with E-state index < -0.39 is 0 Å². The second kappa shape index (κ2) is 6.44. The van der Waals surface area contributed by atoms with Crippen molar-refractivity contribution in [3.8, 4) is 11.3 Å². The average Bonchev–Trinajstić information content (AvgIpc) is 2.97. The van der Waals surface area contributed by atoms with Gasteiger partial charge in [-0.2, -0.15) is 0 Å². The smallest absolute Gasteiger partial charge is 0.151 e. The summed E-state index contributed by atoms with van der Waals surface area (Å²) in [5.74, 6) is 1.85. The Kier molecular flexibility index (Phi) is 4.39. The van der Waals surface area contributed by atoms with Crippen LogP contribution in [0.4, 0.5) is 0 Å². The molecule has 1 heterocycles. The fraction of sp³-hybridized carbons (Fsp3) is 0.500. The van der Waals surface area contributed by atoms with Gasteiger partial charge in [0, 0.05) is 17.7 Å². The van der Waals surface area contributed by atoms with Crippen LogP contribution in [0.5, 0.6) is 0 Å². The van der Waals surface area contributed by atoms with Gasteiger partial charge in [0.1, 0.15) is 5.69 Å².